The molecule has 1 fully saturated rings. The van der Waals surface area contributed by atoms with E-state index in [2.05, 4.69) is 0 Å². The molecule has 1 heterocycles. The van der Waals surface area contributed by atoms with Crippen molar-refractivity contribution in [1.29, 1.82) is 0 Å². The van der Waals surface area contributed by atoms with Gasteiger partial charge in [-0.15, -0.1) is 0 Å². The molecule has 1 saturated carbocycles. The summed E-state index contributed by atoms with van der Waals surface area (Å²) in [6, 6.07) is 5.51. The fraction of sp³-hybridized carbons (Fsp3) is 0.538. The number of fused-ring (bicyclic) bond motifs is 1. The summed E-state index contributed by atoms with van der Waals surface area (Å²) in [4.78, 5) is 0. The Balaban J connectivity index is 1.85. The first-order valence-electron chi connectivity index (χ1n) is 6.09. The second kappa shape index (κ2) is 4.42. The predicted octanol–water partition coefficient (Wildman–Crippen LogP) is 0.375. The standard InChI is InChI=1S/C13H16O5/c14-9-5-11(16)10(15)4-8(9)7-1-2-12-13(3-7)18-6-17-12/h1-3,8-11,14-16H,4-6H2. The zero-order valence-electron chi connectivity index (χ0n) is 9.82. The Morgan fingerprint density at radius 2 is 1.61 bits per heavy atom. The van der Waals surface area contributed by atoms with Crippen molar-refractivity contribution in [2.24, 2.45) is 0 Å². The van der Waals surface area contributed by atoms with E-state index in [0.29, 0.717) is 17.9 Å². The van der Waals surface area contributed by atoms with Crippen molar-refractivity contribution < 1.29 is 24.8 Å². The topological polar surface area (TPSA) is 79.2 Å². The van der Waals surface area contributed by atoms with Crippen molar-refractivity contribution in [1.82, 2.24) is 0 Å². The molecule has 18 heavy (non-hydrogen) atoms. The van der Waals surface area contributed by atoms with Gasteiger partial charge in [-0.25, -0.2) is 0 Å². The summed E-state index contributed by atoms with van der Waals surface area (Å²) in [5.74, 6) is 1.18. The van der Waals surface area contributed by atoms with Crippen LogP contribution in [0.4, 0.5) is 0 Å². The molecule has 5 nitrogen and oxygen atoms in total. The molecular formula is C13H16O5. The van der Waals surface area contributed by atoms with Crippen molar-refractivity contribution >= 4 is 0 Å². The van der Waals surface area contributed by atoms with Crippen molar-refractivity contribution in [2.45, 2.75) is 37.1 Å². The van der Waals surface area contributed by atoms with E-state index in [9.17, 15) is 15.3 Å². The van der Waals surface area contributed by atoms with Crippen LogP contribution in [0.2, 0.25) is 0 Å². The molecule has 3 N–H and O–H groups in total. The van der Waals surface area contributed by atoms with Gasteiger partial charge in [-0.2, -0.15) is 0 Å². The Bertz CT molecular complexity index is 447. The molecule has 98 valence electrons. The maximum Gasteiger partial charge on any atom is 0.231 e. The number of aliphatic hydroxyl groups excluding tert-OH is 3. The first-order valence-corrected chi connectivity index (χ1v) is 6.09. The minimum absolute atomic E-state index is 0.183. The summed E-state index contributed by atoms with van der Waals surface area (Å²) < 4.78 is 10.5. The molecule has 5 heteroatoms. The third-order valence-corrected chi connectivity index (χ3v) is 3.71. The van der Waals surface area contributed by atoms with Gasteiger partial charge >= 0.3 is 0 Å². The summed E-state index contributed by atoms with van der Waals surface area (Å²) >= 11 is 0. The molecule has 4 unspecified atom stereocenters. The largest absolute Gasteiger partial charge is 0.454 e. The quantitative estimate of drug-likeness (QED) is 0.673. The second-order valence-corrected chi connectivity index (χ2v) is 4.89. The van der Waals surface area contributed by atoms with E-state index in [-0.39, 0.29) is 19.1 Å². The zero-order valence-corrected chi connectivity index (χ0v) is 9.82. The lowest BCUT2D eigenvalue weighted by molar-refractivity contribution is -0.0600. The summed E-state index contributed by atoms with van der Waals surface area (Å²) in [5.41, 5.74) is 0.901. The lowest BCUT2D eigenvalue weighted by Crippen LogP contribution is -2.40. The molecule has 0 saturated heterocycles. The summed E-state index contributed by atoms with van der Waals surface area (Å²) in [7, 11) is 0. The van der Waals surface area contributed by atoms with Gasteiger partial charge in [0.05, 0.1) is 18.3 Å². The molecule has 0 aromatic heterocycles. The average molecular weight is 252 g/mol. The molecule has 3 rings (SSSR count). The van der Waals surface area contributed by atoms with Gasteiger partial charge in [0.15, 0.2) is 11.5 Å². The molecule has 1 aliphatic heterocycles. The molecule has 4 atom stereocenters. The zero-order chi connectivity index (χ0) is 12.7. The van der Waals surface area contributed by atoms with Gasteiger partial charge < -0.3 is 24.8 Å². The molecule has 1 aliphatic carbocycles. The van der Waals surface area contributed by atoms with E-state index < -0.39 is 18.3 Å². The highest BCUT2D eigenvalue weighted by Gasteiger charge is 2.35. The van der Waals surface area contributed by atoms with Gasteiger partial charge in [-0.1, -0.05) is 6.07 Å². The Morgan fingerprint density at radius 3 is 2.44 bits per heavy atom. The number of aliphatic hydroxyl groups is 3. The Morgan fingerprint density at radius 1 is 0.889 bits per heavy atom. The normalized spacial score (nSPS) is 34.6. The minimum Gasteiger partial charge on any atom is -0.454 e. The van der Waals surface area contributed by atoms with Gasteiger partial charge in [0, 0.05) is 12.3 Å². The Labute approximate surface area is 105 Å². The molecule has 0 spiro atoms. The Hall–Kier alpha value is -1.30. The highest BCUT2D eigenvalue weighted by molar-refractivity contribution is 5.45. The molecule has 1 aromatic carbocycles. The van der Waals surface area contributed by atoms with Crippen LogP contribution in [-0.2, 0) is 0 Å². The smallest absolute Gasteiger partial charge is 0.231 e. The van der Waals surface area contributed by atoms with Crippen LogP contribution in [0.15, 0.2) is 18.2 Å². The maximum absolute atomic E-state index is 10.0. The first kappa shape index (κ1) is 11.8. The highest BCUT2D eigenvalue weighted by atomic mass is 16.7. The van der Waals surface area contributed by atoms with E-state index >= 15 is 0 Å². The van der Waals surface area contributed by atoms with E-state index in [1.54, 1.807) is 0 Å². The van der Waals surface area contributed by atoms with E-state index in [1.165, 1.54) is 0 Å². The number of rotatable bonds is 1. The van der Waals surface area contributed by atoms with Gasteiger partial charge in [-0.05, 0) is 24.1 Å². The summed E-state index contributed by atoms with van der Waals surface area (Å²) in [6.07, 6.45) is -1.74. The first-order chi connectivity index (χ1) is 8.65. The fourth-order valence-electron chi connectivity index (χ4n) is 2.65. The van der Waals surface area contributed by atoms with Crippen LogP contribution in [0.1, 0.15) is 24.3 Å². The third kappa shape index (κ3) is 1.94. The average Bonchev–Trinajstić information content (AvgIpc) is 2.80. The predicted molar refractivity (Wildman–Crippen MR) is 62.6 cm³/mol. The SMILES string of the molecule is OC1CC(O)C(c2ccc3c(c2)OCO3)CC1O. The van der Waals surface area contributed by atoms with Crippen LogP contribution >= 0.6 is 0 Å². The fourth-order valence-corrected chi connectivity index (χ4v) is 2.65. The Kier molecular flexibility index (Phi) is 2.89. The molecule has 0 bridgehead atoms. The minimum atomic E-state index is -0.842. The van der Waals surface area contributed by atoms with Crippen LogP contribution in [0.3, 0.4) is 0 Å². The van der Waals surface area contributed by atoms with Crippen LogP contribution in [0.5, 0.6) is 11.5 Å². The summed E-state index contributed by atoms with van der Waals surface area (Å²) in [5, 5.41) is 29.2. The highest BCUT2D eigenvalue weighted by Crippen LogP contribution is 2.39. The van der Waals surface area contributed by atoms with Crippen molar-refractivity contribution in [2.75, 3.05) is 6.79 Å². The molecule has 0 radical (unpaired) electrons. The van der Waals surface area contributed by atoms with E-state index in [1.807, 2.05) is 18.2 Å². The van der Waals surface area contributed by atoms with Crippen molar-refractivity contribution in [3.63, 3.8) is 0 Å². The van der Waals surface area contributed by atoms with Crippen molar-refractivity contribution in [3.8, 4) is 11.5 Å². The third-order valence-electron chi connectivity index (χ3n) is 3.71. The number of benzene rings is 1. The van der Waals surface area contributed by atoms with Crippen molar-refractivity contribution in [3.05, 3.63) is 23.8 Å². The number of ether oxygens (including phenoxy) is 2. The van der Waals surface area contributed by atoms with Gasteiger partial charge in [0.2, 0.25) is 6.79 Å². The van der Waals surface area contributed by atoms with Crippen LogP contribution < -0.4 is 9.47 Å². The molecule has 1 aromatic rings. The molecular weight excluding hydrogens is 236 g/mol. The second-order valence-electron chi connectivity index (χ2n) is 4.89. The monoisotopic (exact) mass is 252 g/mol. The van der Waals surface area contributed by atoms with Gasteiger partial charge in [-0.3, -0.25) is 0 Å². The van der Waals surface area contributed by atoms with Gasteiger partial charge in [0.1, 0.15) is 0 Å². The van der Waals surface area contributed by atoms with E-state index in [4.69, 9.17) is 9.47 Å². The summed E-state index contributed by atoms with van der Waals surface area (Å²) in [6.45, 7) is 0.216. The molecule has 2 aliphatic rings. The van der Waals surface area contributed by atoms with E-state index in [0.717, 1.165) is 5.56 Å². The van der Waals surface area contributed by atoms with Gasteiger partial charge in [0.25, 0.3) is 0 Å². The molecule has 0 amide bonds. The lowest BCUT2D eigenvalue weighted by Gasteiger charge is -2.34. The van der Waals surface area contributed by atoms with Crippen LogP contribution in [-0.4, -0.2) is 40.4 Å². The number of hydrogen-bond acceptors (Lipinski definition) is 5. The maximum atomic E-state index is 10.0. The van der Waals surface area contributed by atoms with Crippen LogP contribution in [0.25, 0.3) is 0 Å². The number of hydrogen-bond donors (Lipinski definition) is 3. The lowest BCUT2D eigenvalue weighted by atomic mass is 9.79. The van der Waals surface area contributed by atoms with Crippen LogP contribution in [0, 0.1) is 0 Å².